The lowest BCUT2D eigenvalue weighted by molar-refractivity contribution is -0.125. The Morgan fingerprint density at radius 1 is 1.07 bits per heavy atom. The Morgan fingerprint density at radius 2 is 1.80 bits per heavy atom. The third-order valence-corrected chi connectivity index (χ3v) is 7.41. The summed E-state index contributed by atoms with van der Waals surface area (Å²) in [5.41, 5.74) is 2.00. The molecule has 0 bridgehead atoms. The lowest BCUT2D eigenvalue weighted by Crippen LogP contribution is -2.40. The molecule has 1 N–H and O–H groups in total. The monoisotopic (exact) mass is 440 g/mol. The van der Waals surface area contributed by atoms with Gasteiger partial charge in [0.1, 0.15) is 11.9 Å². The summed E-state index contributed by atoms with van der Waals surface area (Å²) in [4.78, 5) is 28.6. The van der Waals surface area contributed by atoms with Gasteiger partial charge in [0.05, 0.1) is 11.4 Å². The van der Waals surface area contributed by atoms with E-state index in [2.05, 4.69) is 5.32 Å². The molecule has 0 unspecified atom stereocenters. The minimum atomic E-state index is -3.69. The minimum Gasteiger partial charge on any atom is -0.340 e. The lowest BCUT2D eigenvalue weighted by atomic mass is 10.0. The molecule has 2 aromatic carbocycles. The third kappa shape index (κ3) is 3.88. The number of nitrogens with one attached hydrogen (secondary N) is 1. The third-order valence-electron chi connectivity index (χ3n) is 5.03. The molecule has 30 heavy (non-hydrogen) atoms. The molecule has 0 saturated carbocycles. The van der Waals surface area contributed by atoms with E-state index in [0.29, 0.717) is 11.1 Å². The second-order valence-electron chi connectivity index (χ2n) is 7.12. The SMILES string of the molecule is Cc1ccc(S(=O)(=O)CNC(=O)[C@H]2c3ccccc3C(=O)N2Cc2cccs2)cc1. The first-order chi connectivity index (χ1) is 14.4. The first-order valence-electron chi connectivity index (χ1n) is 9.36. The number of hydrogen-bond donors (Lipinski definition) is 1. The predicted molar refractivity (Wildman–Crippen MR) is 115 cm³/mol. The second kappa shape index (κ2) is 8.04. The summed E-state index contributed by atoms with van der Waals surface area (Å²) in [6.45, 7) is 2.16. The van der Waals surface area contributed by atoms with Crippen molar-refractivity contribution in [3.8, 4) is 0 Å². The van der Waals surface area contributed by atoms with Crippen LogP contribution in [0.2, 0.25) is 0 Å². The number of sulfone groups is 1. The van der Waals surface area contributed by atoms with Gasteiger partial charge in [0, 0.05) is 10.4 Å². The fourth-order valence-electron chi connectivity index (χ4n) is 3.48. The highest BCUT2D eigenvalue weighted by Crippen LogP contribution is 2.35. The number of amides is 2. The van der Waals surface area contributed by atoms with Gasteiger partial charge in [0.25, 0.3) is 5.91 Å². The fourth-order valence-corrected chi connectivity index (χ4v) is 5.23. The summed E-state index contributed by atoms with van der Waals surface area (Å²) in [6.07, 6.45) is 0. The van der Waals surface area contributed by atoms with Gasteiger partial charge in [-0.15, -0.1) is 11.3 Å². The summed E-state index contributed by atoms with van der Waals surface area (Å²) in [5.74, 6) is -1.28. The van der Waals surface area contributed by atoms with E-state index in [4.69, 9.17) is 0 Å². The maximum atomic E-state index is 13.1. The Bertz CT molecular complexity index is 1190. The number of carbonyl (C=O) groups is 2. The average Bonchev–Trinajstić information content (AvgIpc) is 3.34. The van der Waals surface area contributed by atoms with Crippen LogP contribution in [0.25, 0.3) is 0 Å². The van der Waals surface area contributed by atoms with Crippen molar-refractivity contribution >= 4 is 33.0 Å². The molecular formula is C22H20N2O4S2. The Kier molecular flexibility index (Phi) is 5.44. The fraction of sp³-hybridized carbons (Fsp3) is 0.182. The highest BCUT2D eigenvalue weighted by Gasteiger charge is 2.41. The molecule has 6 nitrogen and oxygen atoms in total. The van der Waals surface area contributed by atoms with E-state index in [1.807, 2.05) is 24.4 Å². The summed E-state index contributed by atoms with van der Waals surface area (Å²) >= 11 is 1.50. The van der Waals surface area contributed by atoms with Crippen LogP contribution in [-0.2, 0) is 21.2 Å². The van der Waals surface area contributed by atoms with Crippen molar-refractivity contribution in [2.24, 2.45) is 0 Å². The average molecular weight is 441 g/mol. The Hall–Kier alpha value is -2.97. The van der Waals surface area contributed by atoms with Gasteiger partial charge in [-0.25, -0.2) is 8.42 Å². The number of thiophene rings is 1. The molecule has 154 valence electrons. The maximum absolute atomic E-state index is 13.1. The molecule has 8 heteroatoms. The number of aryl methyl sites for hydroxylation is 1. The molecule has 1 aromatic heterocycles. The van der Waals surface area contributed by atoms with Gasteiger partial charge in [0.15, 0.2) is 9.84 Å². The first kappa shape index (κ1) is 20.3. The number of carbonyl (C=O) groups excluding carboxylic acids is 2. The first-order valence-corrected chi connectivity index (χ1v) is 11.9. The van der Waals surface area contributed by atoms with E-state index in [1.54, 1.807) is 36.4 Å². The molecule has 1 aliphatic rings. The molecule has 1 aliphatic heterocycles. The summed E-state index contributed by atoms with van der Waals surface area (Å²) in [7, 11) is -3.69. The Morgan fingerprint density at radius 3 is 2.50 bits per heavy atom. The van der Waals surface area contributed by atoms with Crippen LogP contribution in [-0.4, -0.2) is 31.0 Å². The van der Waals surface area contributed by atoms with Gasteiger partial charge in [-0.1, -0.05) is 42.0 Å². The quantitative estimate of drug-likeness (QED) is 0.638. The van der Waals surface area contributed by atoms with Crippen molar-refractivity contribution in [3.05, 3.63) is 87.6 Å². The molecule has 0 fully saturated rings. The van der Waals surface area contributed by atoms with Crippen molar-refractivity contribution < 1.29 is 18.0 Å². The smallest absolute Gasteiger partial charge is 0.255 e. The van der Waals surface area contributed by atoms with Gasteiger partial charge in [-0.3, -0.25) is 9.59 Å². The Labute approximate surface area is 179 Å². The zero-order valence-electron chi connectivity index (χ0n) is 16.2. The van der Waals surface area contributed by atoms with E-state index in [-0.39, 0.29) is 17.3 Å². The number of rotatable bonds is 6. The van der Waals surface area contributed by atoms with Gasteiger partial charge in [0.2, 0.25) is 5.91 Å². The van der Waals surface area contributed by atoms with Gasteiger partial charge < -0.3 is 10.2 Å². The normalized spacial score (nSPS) is 15.8. The standard InChI is InChI=1S/C22H20N2O4S2/c1-15-8-10-17(11-9-15)30(27,28)14-23-21(25)20-18-6-2-3-7-19(18)22(26)24(20)13-16-5-4-12-29-16/h2-12,20H,13-14H2,1H3,(H,23,25)/t20-/m1/s1. The van der Waals surface area contributed by atoms with Crippen molar-refractivity contribution in [1.29, 1.82) is 0 Å². The van der Waals surface area contributed by atoms with Gasteiger partial charge >= 0.3 is 0 Å². The number of benzene rings is 2. The molecular weight excluding hydrogens is 420 g/mol. The van der Waals surface area contributed by atoms with Crippen LogP contribution in [0.1, 0.15) is 32.4 Å². The molecule has 0 spiro atoms. The molecule has 1 atom stereocenters. The van der Waals surface area contributed by atoms with E-state index < -0.39 is 27.7 Å². The number of fused-ring (bicyclic) bond motifs is 1. The van der Waals surface area contributed by atoms with Crippen LogP contribution in [0.15, 0.2) is 70.9 Å². The maximum Gasteiger partial charge on any atom is 0.255 e. The molecule has 2 heterocycles. The van der Waals surface area contributed by atoms with Crippen molar-refractivity contribution in [2.75, 3.05) is 5.88 Å². The van der Waals surface area contributed by atoms with Gasteiger partial charge in [-0.05, 0) is 42.1 Å². The lowest BCUT2D eigenvalue weighted by Gasteiger charge is -2.24. The number of nitrogens with zero attached hydrogens (tertiary/aromatic N) is 1. The Balaban J connectivity index is 1.57. The molecule has 4 rings (SSSR count). The van der Waals surface area contributed by atoms with E-state index in [9.17, 15) is 18.0 Å². The molecule has 0 aliphatic carbocycles. The van der Waals surface area contributed by atoms with E-state index >= 15 is 0 Å². The predicted octanol–water partition coefficient (Wildman–Crippen LogP) is 3.30. The zero-order valence-corrected chi connectivity index (χ0v) is 17.9. The van der Waals surface area contributed by atoms with E-state index in [0.717, 1.165) is 10.4 Å². The topological polar surface area (TPSA) is 83.5 Å². The van der Waals surface area contributed by atoms with Crippen LogP contribution < -0.4 is 5.32 Å². The molecule has 3 aromatic rings. The second-order valence-corrected chi connectivity index (χ2v) is 10.1. The molecule has 2 amide bonds. The number of hydrogen-bond acceptors (Lipinski definition) is 5. The summed E-state index contributed by atoms with van der Waals surface area (Å²) in [6, 6.07) is 16.3. The molecule has 0 radical (unpaired) electrons. The van der Waals surface area contributed by atoms with Crippen LogP contribution in [0.5, 0.6) is 0 Å². The van der Waals surface area contributed by atoms with Crippen LogP contribution in [0.3, 0.4) is 0 Å². The van der Waals surface area contributed by atoms with Crippen molar-refractivity contribution in [1.82, 2.24) is 10.2 Å². The van der Waals surface area contributed by atoms with Crippen molar-refractivity contribution in [3.63, 3.8) is 0 Å². The largest absolute Gasteiger partial charge is 0.340 e. The van der Waals surface area contributed by atoms with Crippen LogP contribution >= 0.6 is 11.3 Å². The summed E-state index contributed by atoms with van der Waals surface area (Å²) < 4.78 is 25.2. The zero-order chi connectivity index (χ0) is 21.3. The summed E-state index contributed by atoms with van der Waals surface area (Å²) in [5, 5.41) is 4.44. The van der Waals surface area contributed by atoms with Crippen LogP contribution in [0.4, 0.5) is 0 Å². The minimum absolute atomic E-state index is 0.145. The van der Waals surface area contributed by atoms with Crippen LogP contribution in [0, 0.1) is 6.92 Å². The highest BCUT2D eigenvalue weighted by molar-refractivity contribution is 7.91. The van der Waals surface area contributed by atoms with Crippen molar-refractivity contribution in [2.45, 2.75) is 24.4 Å². The molecule has 0 saturated heterocycles. The van der Waals surface area contributed by atoms with E-state index in [1.165, 1.54) is 28.4 Å². The highest BCUT2D eigenvalue weighted by atomic mass is 32.2. The van der Waals surface area contributed by atoms with Gasteiger partial charge in [-0.2, -0.15) is 0 Å².